The number of halogens is 8. The first-order valence-corrected chi connectivity index (χ1v) is 2.84. The van der Waals surface area contributed by atoms with Crippen LogP contribution in [-0.4, -0.2) is 29.5 Å². The summed E-state index contributed by atoms with van der Waals surface area (Å²) in [6.07, 6.45) is -13.2. The van der Waals surface area contributed by atoms with Crippen molar-refractivity contribution in [2.24, 2.45) is 0 Å². The molecule has 12 heteroatoms. The summed E-state index contributed by atoms with van der Waals surface area (Å²) in [4.78, 5) is 6.09. The second-order valence-corrected chi connectivity index (χ2v) is 2.10. The fourth-order valence-electron chi connectivity index (χ4n) is 0.553. The molecular formula is C4F8NNaO2. The molecule has 0 aliphatic carbocycles. The molecule has 0 heterocycles. The Labute approximate surface area is 104 Å². The molecule has 0 bridgehead atoms. The molecule has 0 N–H and O–H groups in total. The average molecular weight is 269 g/mol. The quantitative estimate of drug-likeness (QED) is 0.321. The normalized spacial score (nSPS) is 13.6. The number of hydrogen-bond acceptors (Lipinski definition) is 3. The average Bonchev–Trinajstić information content (AvgIpc) is 1.76. The molecule has 0 aliphatic rings. The number of carboxylic acid groups (broad SMARTS) is 1. The van der Waals surface area contributed by atoms with Gasteiger partial charge in [-0.1, -0.05) is 4.90 Å². The van der Waals surface area contributed by atoms with Crippen LogP contribution in [0.3, 0.4) is 0 Å². The number of nitrogens with zero attached hydrogens (tertiary/aromatic N) is 1. The summed E-state index contributed by atoms with van der Waals surface area (Å²) in [6, 6.07) is -6.23. The Balaban J connectivity index is 0. The fourth-order valence-corrected chi connectivity index (χ4v) is 0.553. The van der Waals surface area contributed by atoms with Crippen LogP contribution in [0.15, 0.2) is 0 Å². The van der Waals surface area contributed by atoms with E-state index in [2.05, 4.69) is 0 Å². The molecule has 0 amide bonds. The summed E-state index contributed by atoms with van der Waals surface area (Å²) in [6.45, 7) is 0. The van der Waals surface area contributed by atoms with Crippen LogP contribution in [0.2, 0.25) is 0 Å². The van der Waals surface area contributed by atoms with E-state index in [-0.39, 0.29) is 29.6 Å². The molecule has 0 fully saturated rings. The predicted octanol–water partition coefficient (Wildman–Crippen LogP) is -2.33. The molecular weight excluding hydrogens is 269 g/mol. The van der Waals surface area contributed by atoms with Gasteiger partial charge in [-0.25, -0.2) is 0 Å². The first kappa shape index (κ1) is 18.2. The van der Waals surface area contributed by atoms with Gasteiger partial charge in [-0.05, 0) is 0 Å². The molecule has 90 valence electrons. The maximum Gasteiger partial charge on any atom is 1.00 e. The van der Waals surface area contributed by atoms with Crippen LogP contribution in [0, 0.1) is 0 Å². The topological polar surface area (TPSA) is 43.4 Å². The Morgan fingerprint density at radius 3 is 1.19 bits per heavy atom. The van der Waals surface area contributed by atoms with Crippen molar-refractivity contribution in [3.8, 4) is 0 Å². The van der Waals surface area contributed by atoms with E-state index < -0.39 is 29.5 Å². The first-order valence-electron chi connectivity index (χ1n) is 2.84. The molecule has 0 saturated carbocycles. The minimum Gasteiger partial charge on any atom is -0.543 e. The SMILES string of the molecule is O=C([O-])C(F)(F)N(C(F)(F)F)C(F)(F)F.[Na+]. The Morgan fingerprint density at radius 1 is 0.875 bits per heavy atom. The summed E-state index contributed by atoms with van der Waals surface area (Å²) in [7, 11) is 0. The Bertz CT molecular complexity index is 246. The van der Waals surface area contributed by atoms with E-state index in [1.54, 1.807) is 0 Å². The molecule has 0 unspecified atom stereocenters. The molecule has 3 nitrogen and oxygen atoms in total. The van der Waals surface area contributed by atoms with Crippen molar-refractivity contribution in [1.29, 1.82) is 0 Å². The summed E-state index contributed by atoms with van der Waals surface area (Å²) in [5.41, 5.74) is 0. The Morgan fingerprint density at radius 2 is 1.12 bits per heavy atom. The molecule has 0 radical (unpaired) electrons. The van der Waals surface area contributed by atoms with Crippen LogP contribution in [0.4, 0.5) is 35.1 Å². The number of carbonyl (C=O) groups is 1. The largest absolute Gasteiger partial charge is 1.00 e. The van der Waals surface area contributed by atoms with Crippen molar-refractivity contribution in [3.63, 3.8) is 0 Å². The summed E-state index contributed by atoms with van der Waals surface area (Å²) >= 11 is 0. The smallest absolute Gasteiger partial charge is 0.543 e. The number of carbonyl (C=O) groups excluding carboxylic acids is 1. The maximum absolute atomic E-state index is 12.0. The van der Waals surface area contributed by atoms with Crippen LogP contribution < -0.4 is 34.7 Å². The van der Waals surface area contributed by atoms with E-state index >= 15 is 0 Å². The van der Waals surface area contributed by atoms with Crippen LogP contribution >= 0.6 is 0 Å². The van der Waals surface area contributed by atoms with Crippen LogP contribution in [0.5, 0.6) is 0 Å². The monoisotopic (exact) mass is 269 g/mol. The van der Waals surface area contributed by atoms with Gasteiger partial charge in [-0.3, -0.25) is 0 Å². The fraction of sp³-hybridized carbons (Fsp3) is 0.750. The zero-order valence-corrected chi connectivity index (χ0v) is 9.29. The number of carboxylic acids is 1. The van der Waals surface area contributed by atoms with Gasteiger partial charge in [-0.2, -0.15) is 35.1 Å². The van der Waals surface area contributed by atoms with Gasteiger partial charge in [0.1, 0.15) is 5.97 Å². The van der Waals surface area contributed by atoms with Crippen LogP contribution in [0.1, 0.15) is 0 Å². The van der Waals surface area contributed by atoms with E-state index in [1.807, 2.05) is 0 Å². The summed E-state index contributed by atoms with van der Waals surface area (Å²) in [5.74, 6) is -3.81. The van der Waals surface area contributed by atoms with Crippen LogP contribution in [-0.2, 0) is 4.79 Å². The zero-order chi connectivity index (χ0) is 12.7. The van der Waals surface area contributed by atoms with Gasteiger partial charge in [0.15, 0.2) is 0 Å². The number of rotatable bonds is 2. The third kappa shape index (κ3) is 4.03. The number of hydrogen-bond donors (Lipinski definition) is 0. The van der Waals surface area contributed by atoms with Crippen molar-refractivity contribution in [1.82, 2.24) is 4.90 Å². The maximum atomic E-state index is 12.0. The third-order valence-electron chi connectivity index (χ3n) is 1.03. The van der Waals surface area contributed by atoms with Crippen molar-refractivity contribution < 1.29 is 74.6 Å². The van der Waals surface area contributed by atoms with Gasteiger partial charge in [0, 0.05) is 0 Å². The molecule has 0 atom stereocenters. The van der Waals surface area contributed by atoms with Gasteiger partial charge in [-0.15, -0.1) is 0 Å². The van der Waals surface area contributed by atoms with E-state index in [1.165, 1.54) is 0 Å². The molecule has 16 heavy (non-hydrogen) atoms. The van der Waals surface area contributed by atoms with Gasteiger partial charge in [0.2, 0.25) is 0 Å². The Hall–Kier alpha value is -0.130. The Kier molecular flexibility index (Phi) is 5.72. The number of aliphatic carboxylic acids is 1. The van der Waals surface area contributed by atoms with Crippen molar-refractivity contribution in [2.75, 3.05) is 0 Å². The molecule has 0 saturated heterocycles. The molecule has 0 aromatic heterocycles. The first-order chi connectivity index (χ1) is 6.31. The summed E-state index contributed by atoms with van der Waals surface area (Å²) in [5, 5.41) is 9.45. The second kappa shape index (κ2) is 5.02. The van der Waals surface area contributed by atoms with E-state index in [9.17, 15) is 45.0 Å². The molecule has 0 aliphatic heterocycles. The number of alkyl halides is 8. The van der Waals surface area contributed by atoms with E-state index in [4.69, 9.17) is 0 Å². The van der Waals surface area contributed by atoms with Gasteiger partial charge in [0.05, 0.1) is 0 Å². The molecule has 0 aromatic carbocycles. The van der Waals surface area contributed by atoms with Crippen LogP contribution in [0.25, 0.3) is 0 Å². The predicted molar refractivity (Wildman–Crippen MR) is 23.9 cm³/mol. The molecule has 0 spiro atoms. The van der Waals surface area contributed by atoms with Crippen molar-refractivity contribution in [2.45, 2.75) is 18.6 Å². The van der Waals surface area contributed by atoms with Crippen molar-refractivity contribution in [3.05, 3.63) is 0 Å². The van der Waals surface area contributed by atoms with E-state index in [0.29, 0.717) is 0 Å². The third-order valence-corrected chi connectivity index (χ3v) is 1.03. The van der Waals surface area contributed by atoms with Gasteiger partial charge >= 0.3 is 48.2 Å². The van der Waals surface area contributed by atoms with E-state index in [0.717, 1.165) is 0 Å². The minimum atomic E-state index is -6.60. The molecule has 0 aromatic rings. The standard InChI is InChI=1S/C4HF8NO2.Na/c5-2(6,1(14)15)13(3(7,8)9)4(10,11)12;/h(H,14,15);/q;+1/p-1. The molecule has 0 rings (SSSR count). The van der Waals surface area contributed by atoms with Crippen molar-refractivity contribution >= 4 is 5.97 Å². The minimum absolute atomic E-state index is 0. The van der Waals surface area contributed by atoms with Gasteiger partial charge < -0.3 is 9.90 Å². The zero-order valence-electron chi connectivity index (χ0n) is 7.29. The van der Waals surface area contributed by atoms with Gasteiger partial charge in [0.25, 0.3) is 0 Å². The second-order valence-electron chi connectivity index (χ2n) is 2.10. The summed E-state index contributed by atoms with van der Waals surface area (Å²) < 4.78 is 93.1.